The van der Waals surface area contributed by atoms with E-state index in [0.717, 1.165) is 11.1 Å². The van der Waals surface area contributed by atoms with Gasteiger partial charge < -0.3 is 14.8 Å². The first kappa shape index (κ1) is 23.6. The number of hydrogen-bond donors (Lipinski definition) is 1. The molecule has 166 valence electrons. The Kier molecular flexibility index (Phi) is 7.50. The second-order valence-electron chi connectivity index (χ2n) is 7.22. The van der Waals surface area contributed by atoms with E-state index in [1.165, 1.54) is 13.2 Å². The number of hydrogen-bond acceptors (Lipinski definition) is 5. The Morgan fingerprint density at radius 2 is 1.76 bits per heavy atom. The molecule has 3 rings (SSSR count). The third-order valence-electron chi connectivity index (χ3n) is 4.81. The van der Waals surface area contributed by atoms with E-state index in [-0.39, 0.29) is 17.1 Å². The van der Waals surface area contributed by atoms with E-state index in [0.29, 0.717) is 21.8 Å². The molecule has 33 heavy (non-hydrogen) atoms. The molecule has 0 aliphatic heterocycles. The molecule has 0 unspecified atom stereocenters. The Morgan fingerprint density at radius 1 is 1.03 bits per heavy atom. The van der Waals surface area contributed by atoms with Crippen LogP contribution in [0.3, 0.4) is 0 Å². The number of anilines is 1. The molecule has 0 aliphatic carbocycles. The van der Waals surface area contributed by atoms with Crippen LogP contribution in [-0.4, -0.2) is 19.0 Å². The lowest BCUT2D eigenvalue weighted by Gasteiger charge is -2.11. The molecule has 0 fully saturated rings. The van der Waals surface area contributed by atoms with Gasteiger partial charge in [0.05, 0.1) is 23.4 Å². The van der Waals surface area contributed by atoms with Crippen molar-refractivity contribution in [1.82, 2.24) is 0 Å². The first-order valence-electron chi connectivity index (χ1n) is 9.97. The molecule has 7 heteroatoms. The van der Waals surface area contributed by atoms with Crippen molar-refractivity contribution in [2.45, 2.75) is 13.8 Å². The van der Waals surface area contributed by atoms with Crippen LogP contribution in [-0.2, 0) is 4.79 Å². The Hall–Kier alpha value is -4.08. The van der Waals surface area contributed by atoms with E-state index >= 15 is 0 Å². The Bertz CT molecular complexity index is 1250. The summed E-state index contributed by atoms with van der Waals surface area (Å²) in [6.45, 7) is 3.73. The van der Waals surface area contributed by atoms with Gasteiger partial charge in [0.1, 0.15) is 11.6 Å². The van der Waals surface area contributed by atoms with Gasteiger partial charge in [0, 0.05) is 0 Å². The predicted octanol–water partition coefficient (Wildman–Crippen LogP) is 5.73. The van der Waals surface area contributed by atoms with E-state index in [2.05, 4.69) is 5.32 Å². The number of benzene rings is 3. The maximum Gasteiger partial charge on any atom is 0.343 e. The molecule has 0 aliphatic rings. The maximum atomic E-state index is 12.6. The summed E-state index contributed by atoms with van der Waals surface area (Å²) in [7, 11) is 1.43. The largest absolute Gasteiger partial charge is 0.493 e. The molecule has 3 aromatic carbocycles. The fourth-order valence-electron chi connectivity index (χ4n) is 2.99. The highest BCUT2D eigenvalue weighted by Crippen LogP contribution is 2.30. The van der Waals surface area contributed by atoms with E-state index in [1.54, 1.807) is 55.5 Å². The zero-order chi connectivity index (χ0) is 24.0. The average Bonchev–Trinajstić information content (AvgIpc) is 2.81. The van der Waals surface area contributed by atoms with E-state index in [9.17, 15) is 14.9 Å². The van der Waals surface area contributed by atoms with Crippen molar-refractivity contribution in [2.24, 2.45) is 0 Å². The molecule has 0 saturated carbocycles. The minimum Gasteiger partial charge on any atom is -0.493 e. The van der Waals surface area contributed by atoms with Gasteiger partial charge in [-0.2, -0.15) is 5.26 Å². The van der Waals surface area contributed by atoms with Gasteiger partial charge in [-0.15, -0.1) is 0 Å². The zero-order valence-electron chi connectivity index (χ0n) is 18.3. The SMILES string of the molecule is COc1cc(/C=C(\C#N)C(=O)Nc2c(C)cccc2Cl)ccc1OC(=O)c1ccc(C)cc1. The van der Waals surface area contributed by atoms with Crippen molar-refractivity contribution in [3.8, 4) is 17.6 Å². The highest BCUT2D eigenvalue weighted by Gasteiger charge is 2.15. The fourth-order valence-corrected chi connectivity index (χ4v) is 3.26. The molecule has 0 heterocycles. The summed E-state index contributed by atoms with van der Waals surface area (Å²) >= 11 is 6.16. The van der Waals surface area contributed by atoms with Crippen LogP contribution in [0.4, 0.5) is 5.69 Å². The number of aryl methyl sites for hydroxylation is 2. The molecular weight excluding hydrogens is 440 g/mol. The number of methoxy groups -OCH3 is 1. The van der Waals surface area contributed by atoms with Gasteiger partial charge in [0.2, 0.25) is 0 Å². The summed E-state index contributed by atoms with van der Waals surface area (Å²) in [4.78, 5) is 25.1. The van der Waals surface area contributed by atoms with Crippen LogP contribution in [0.1, 0.15) is 27.0 Å². The number of carbonyl (C=O) groups excluding carboxylic acids is 2. The van der Waals surface area contributed by atoms with E-state index in [1.807, 2.05) is 25.1 Å². The van der Waals surface area contributed by atoms with Crippen molar-refractivity contribution in [3.05, 3.63) is 93.5 Å². The number of carbonyl (C=O) groups is 2. The van der Waals surface area contributed by atoms with Crippen LogP contribution in [0.25, 0.3) is 6.08 Å². The minimum absolute atomic E-state index is 0.124. The van der Waals surface area contributed by atoms with Gasteiger partial charge in [0.25, 0.3) is 5.91 Å². The normalized spacial score (nSPS) is 10.8. The molecule has 0 radical (unpaired) electrons. The lowest BCUT2D eigenvalue weighted by Crippen LogP contribution is -2.14. The van der Waals surface area contributed by atoms with Gasteiger partial charge in [-0.25, -0.2) is 4.79 Å². The summed E-state index contributed by atoms with van der Waals surface area (Å²) in [5, 5.41) is 12.6. The third kappa shape index (κ3) is 5.79. The van der Waals surface area contributed by atoms with Gasteiger partial charge in [0.15, 0.2) is 11.5 Å². The third-order valence-corrected chi connectivity index (χ3v) is 5.13. The van der Waals surface area contributed by atoms with Crippen LogP contribution >= 0.6 is 11.6 Å². The molecule has 1 N–H and O–H groups in total. The van der Waals surface area contributed by atoms with Crippen molar-refractivity contribution in [2.75, 3.05) is 12.4 Å². The zero-order valence-corrected chi connectivity index (χ0v) is 19.1. The lowest BCUT2D eigenvalue weighted by molar-refractivity contribution is -0.112. The molecular formula is C26H21ClN2O4. The topological polar surface area (TPSA) is 88.4 Å². The fraction of sp³-hybridized carbons (Fsp3) is 0.115. The van der Waals surface area contributed by atoms with Gasteiger partial charge in [-0.05, 0) is 61.4 Å². The number of esters is 1. The maximum absolute atomic E-state index is 12.6. The number of para-hydroxylation sites is 1. The number of rotatable bonds is 6. The predicted molar refractivity (Wildman–Crippen MR) is 128 cm³/mol. The van der Waals surface area contributed by atoms with Crippen LogP contribution in [0.15, 0.2) is 66.2 Å². The Balaban J connectivity index is 1.82. The summed E-state index contributed by atoms with van der Waals surface area (Å²) < 4.78 is 10.8. The molecule has 0 spiro atoms. The first-order valence-corrected chi connectivity index (χ1v) is 10.4. The smallest absolute Gasteiger partial charge is 0.343 e. The van der Waals surface area contributed by atoms with Crippen molar-refractivity contribution in [1.29, 1.82) is 5.26 Å². The lowest BCUT2D eigenvalue weighted by atomic mass is 10.1. The second-order valence-corrected chi connectivity index (χ2v) is 7.63. The van der Waals surface area contributed by atoms with Gasteiger partial charge in [-0.1, -0.05) is 47.5 Å². The molecule has 0 aromatic heterocycles. The average molecular weight is 461 g/mol. The number of ether oxygens (including phenoxy) is 2. The number of halogens is 1. The molecule has 6 nitrogen and oxygen atoms in total. The summed E-state index contributed by atoms with van der Waals surface area (Å²) in [5.74, 6) is -0.620. The van der Waals surface area contributed by atoms with Gasteiger partial charge >= 0.3 is 5.97 Å². The van der Waals surface area contributed by atoms with Crippen LogP contribution < -0.4 is 14.8 Å². The highest BCUT2D eigenvalue weighted by atomic mass is 35.5. The molecule has 0 saturated heterocycles. The highest BCUT2D eigenvalue weighted by molar-refractivity contribution is 6.34. The summed E-state index contributed by atoms with van der Waals surface area (Å²) in [6, 6.07) is 18.9. The van der Waals surface area contributed by atoms with Crippen LogP contribution in [0.2, 0.25) is 5.02 Å². The first-order chi connectivity index (χ1) is 15.8. The van der Waals surface area contributed by atoms with Crippen LogP contribution in [0, 0.1) is 25.2 Å². The van der Waals surface area contributed by atoms with E-state index < -0.39 is 11.9 Å². The number of nitrogens with zero attached hydrogens (tertiary/aromatic N) is 1. The molecule has 0 bridgehead atoms. The quantitative estimate of drug-likeness (QED) is 0.219. The molecule has 0 atom stereocenters. The molecule has 3 aromatic rings. The Labute approximate surface area is 197 Å². The van der Waals surface area contributed by atoms with Crippen molar-refractivity contribution >= 4 is 35.2 Å². The van der Waals surface area contributed by atoms with Crippen molar-refractivity contribution < 1.29 is 19.1 Å². The standard InChI is InChI=1S/C26H21ClN2O4/c1-16-7-10-19(11-8-16)26(31)33-22-12-9-18(14-23(22)32-3)13-20(15-28)25(30)29-24-17(2)5-4-6-21(24)27/h4-14H,1-3H3,(H,29,30)/b20-13+. The number of nitriles is 1. The Morgan fingerprint density at radius 3 is 2.39 bits per heavy atom. The minimum atomic E-state index is -0.595. The van der Waals surface area contributed by atoms with E-state index in [4.69, 9.17) is 21.1 Å². The summed E-state index contributed by atoms with van der Waals surface area (Å²) in [6.07, 6.45) is 1.41. The van der Waals surface area contributed by atoms with Crippen molar-refractivity contribution in [3.63, 3.8) is 0 Å². The monoisotopic (exact) mass is 460 g/mol. The van der Waals surface area contributed by atoms with Crippen LogP contribution in [0.5, 0.6) is 11.5 Å². The number of amides is 1. The van der Waals surface area contributed by atoms with Gasteiger partial charge in [-0.3, -0.25) is 4.79 Å². The molecule has 1 amide bonds. The summed E-state index contributed by atoms with van der Waals surface area (Å²) in [5.41, 5.74) is 3.05. The second kappa shape index (κ2) is 10.5. The number of nitrogens with one attached hydrogen (secondary N) is 1.